The molecule has 2 saturated heterocycles. The maximum Gasteiger partial charge on any atom is 0.352 e. The largest absolute Gasteiger partial charge is 0.493 e. The molecule has 15 nitrogen and oxygen atoms in total. The lowest BCUT2D eigenvalue weighted by Crippen LogP contribution is -2.52. The summed E-state index contributed by atoms with van der Waals surface area (Å²) in [5.41, 5.74) is 9.13. The molecule has 3 aliphatic heterocycles. The minimum atomic E-state index is -0.995. The molecular weight excluding hydrogens is 862 g/mol. The van der Waals surface area contributed by atoms with Crippen molar-refractivity contribution in [3.8, 4) is 22.6 Å². The normalized spacial score (nSPS) is 21.1. The summed E-state index contributed by atoms with van der Waals surface area (Å²) in [6, 6.07) is 14.7. The zero-order chi connectivity index (χ0) is 46.0. The maximum atomic E-state index is 13.5. The van der Waals surface area contributed by atoms with E-state index in [1.807, 2.05) is 47.2 Å². The molecule has 0 radical (unpaired) electrons. The van der Waals surface area contributed by atoms with Crippen LogP contribution in [-0.4, -0.2) is 121 Å². The minimum absolute atomic E-state index is 0.0283. The van der Waals surface area contributed by atoms with Crippen LogP contribution in [0.25, 0.3) is 22.0 Å². The number of halogens is 1. The number of aromatic carboxylic acids is 1. The molecule has 346 valence electrons. The third-order valence-electron chi connectivity index (χ3n) is 14.8. The van der Waals surface area contributed by atoms with Crippen LogP contribution in [0, 0.1) is 13.8 Å². The Morgan fingerprint density at radius 2 is 1.71 bits per heavy atom. The molecule has 2 aliphatic carbocycles. The number of imide groups is 1. The third-order valence-corrected chi connectivity index (χ3v) is 15.2. The molecule has 4 unspecified atom stereocenters. The highest BCUT2D eigenvalue weighted by Crippen LogP contribution is 2.55. The Bertz CT molecular complexity index is 2770. The predicted molar refractivity (Wildman–Crippen MR) is 247 cm³/mol. The van der Waals surface area contributed by atoms with Gasteiger partial charge in [0.05, 0.1) is 29.4 Å². The Morgan fingerprint density at radius 1 is 0.939 bits per heavy atom. The number of hydrogen-bond donors (Lipinski definition) is 3. The second-order valence-electron chi connectivity index (χ2n) is 18.5. The predicted octanol–water partition coefficient (Wildman–Crippen LogP) is 6.16. The van der Waals surface area contributed by atoms with Crippen molar-refractivity contribution in [2.45, 2.75) is 96.0 Å². The van der Waals surface area contributed by atoms with Gasteiger partial charge in [0.1, 0.15) is 36.1 Å². The topological polar surface area (TPSA) is 172 Å². The van der Waals surface area contributed by atoms with Crippen LogP contribution < -0.4 is 14.8 Å². The number of hydrogen-bond acceptors (Lipinski definition) is 10. The number of nitrogens with one attached hydrogen (secondary N) is 1. The van der Waals surface area contributed by atoms with Crippen molar-refractivity contribution < 1.29 is 38.9 Å². The number of aryl methyl sites for hydroxylation is 3. The van der Waals surface area contributed by atoms with Crippen molar-refractivity contribution in [1.29, 1.82) is 0 Å². The van der Waals surface area contributed by atoms with Crippen molar-refractivity contribution >= 4 is 46.2 Å². The lowest BCUT2D eigenvalue weighted by molar-refractivity contribution is -0.136. The highest BCUT2D eigenvalue weighted by atomic mass is 35.5. The summed E-state index contributed by atoms with van der Waals surface area (Å²) in [5.74, 6) is 0.545. The molecule has 5 aromatic rings. The number of nitrogens with zero attached hydrogens (tertiary/aromatic N) is 6. The van der Waals surface area contributed by atoms with Gasteiger partial charge >= 0.3 is 5.97 Å². The highest BCUT2D eigenvalue weighted by Gasteiger charge is 2.41. The van der Waals surface area contributed by atoms with Gasteiger partial charge in [-0.05, 0) is 99.6 Å². The first-order chi connectivity index (χ1) is 31.9. The fourth-order valence-corrected chi connectivity index (χ4v) is 11.8. The van der Waals surface area contributed by atoms with Crippen LogP contribution in [0.2, 0.25) is 5.02 Å². The average Bonchev–Trinajstić information content (AvgIpc) is 4.12. The molecule has 2 bridgehead atoms. The van der Waals surface area contributed by atoms with E-state index in [2.05, 4.69) is 28.4 Å². The van der Waals surface area contributed by atoms with Crippen molar-refractivity contribution in [3.63, 3.8) is 0 Å². The summed E-state index contributed by atoms with van der Waals surface area (Å²) in [7, 11) is 1.90. The number of carboxylic acid groups (broad SMARTS) is 1. The van der Waals surface area contributed by atoms with E-state index < -0.39 is 24.1 Å². The molecule has 3 amide bonds. The van der Waals surface area contributed by atoms with Crippen molar-refractivity contribution in [2.75, 3.05) is 45.9 Å². The molecule has 10 rings (SSSR count). The monoisotopic (exact) mass is 917 g/mol. The van der Waals surface area contributed by atoms with Crippen LogP contribution in [0.5, 0.6) is 11.5 Å². The van der Waals surface area contributed by atoms with E-state index in [0.29, 0.717) is 92.5 Å². The summed E-state index contributed by atoms with van der Waals surface area (Å²) in [6.07, 6.45) is 4.34. The molecule has 3 N–H and O–H groups in total. The van der Waals surface area contributed by atoms with E-state index in [4.69, 9.17) is 26.2 Å². The number of carbonyl (C=O) groups excluding carboxylic acids is 3. The summed E-state index contributed by atoms with van der Waals surface area (Å²) in [4.78, 5) is 56.8. The molecule has 2 aromatic heterocycles. The van der Waals surface area contributed by atoms with E-state index >= 15 is 0 Å². The number of piperazine rings is 1. The second-order valence-corrected chi connectivity index (χ2v) is 18.9. The number of rotatable bonds is 15. The molecule has 16 heteroatoms. The minimum Gasteiger partial charge on any atom is -0.493 e. The zero-order valence-corrected chi connectivity index (χ0v) is 38.4. The van der Waals surface area contributed by atoms with Crippen LogP contribution in [0.4, 0.5) is 0 Å². The van der Waals surface area contributed by atoms with Crippen LogP contribution in [0.3, 0.4) is 0 Å². The number of aliphatic hydroxyl groups is 1. The number of ether oxygens (including phenoxy) is 2. The lowest BCUT2D eigenvalue weighted by atomic mass is 9.91. The van der Waals surface area contributed by atoms with E-state index in [0.717, 1.165) is 44.7 Å². The number of carbonyl (C=O) groups is 4. The number of carboxylic acids is 1. The molecule has 3 fully saturated rings. The van der Waals surface area contributed by atoms with Gasteiger partial charge in [-0.15, -0.1) is 0 Å². The van der Waals surface area contributed by atoms with Gasteiger partial charge in [0.2, 0.25) is 11.8 Å². The SMILES string of the molecule is Cc1nn(C)c(C)c1-c1c(Cl)ccc2c(CCCOc3cccc4c3C3CCC4C3)c(C(=O)O)n(CCN3CCN(C(O)COc4cccc5c4CN(C4CCC(=O)NC4=O)C5=O)CC3)c12. The Hall–Kier alpha value is -5.74. The van der Waals surface area contributed by atoms with Gasteiger partial charge < -0.3 is 29.2 Å². The molecular formula is C50H56ClN7O8. The smallest absolute Gasteiger partial charge is 0.352 e. The summed E-state index contributed by atoms with van der Waals surface area (Å²) in [5, 5.41) is 30.8. The molecule has 5 heterocycles. The first-order valence-corrected chi connectivity index (χ1v) is 23.6. The zero-order valence-electron chi connectivity index (χ0n) is 37.6. The number of aliphatic hydroxyl groups excluding tert-OH is 1. The number of aromatic nitrogens is 3. The standard InChI is InChI=1S/C50H56ClN7O8/c1-28-43(29(2)54(3)53-28)45-37(51)15-14-34-33(9-6-24-65-40-11-4-7-32-30-12-13-31(25-30)44(32)40)47(50(63)64)57(46(34)45)23-20-55-18-21-56(22-19-55)42(60)27-66-39-10-5-8-35-36(39)26-58(49(35)62)38-16-17-41(59)52-48(38)61/h4-5,7-8,10-11,14-15,30-31,38,42,60H,6,9,12-13,16-27H2,1-3H3,(H,63,64)(H,52,59,61). The average molecular weight is 918 g/mol. The number of piperidine rings is 1. The van der Waals surface area contributed by atoms with Crippen LogP contribution >= 0.6 is 11.6 Å². The molecule has 3 aromatic carbocycles. The summed E-state index contributed by atoms with van der Waals surface area (Å²) in [6.45, 7) is 7.93. The van der Waals surface area contributed by atoms with Crippen LogP contribution in [0.15, 0.2) is 48.5 Å². The number of fused-ring (bicyclic) bond motifs is 7. The third kappa shape index (κ3) is 7.82. The highest BCUT2D eigenvalue weighted by molar-refractivity contribution is 6.35. The molecule has 0 spiro atoms. The summed E-state index contributed by atoms with van der Waals surface area (Å²) >= 11 is 7.10. The van der Waals surface area contributed by atoms with Crippen LogP contribution in [0.1, 0.15) is 105 Å². The molecule has 5 aliphatic rings. The van der Waals surface area contributed by atoms with E-state index in [1.165, 1.54) is 35.3 Å². The Kier molecular flexibility index (Phi) is 11.9. The molecule has 4 atom stereocenters. The van der Waals surface area contributed by atoms with Crippen molar-refractivity contribution in [2.24, 2.45) is 7.05 Å². The Balaban J connectivity index is 0.830. The first-order valence-electron chi connectivity index (χ1n) is 23.2. The van der Waals surface area contributed by atoms with E-state index in [-0.39, 0.29) is 43.5 Å². The van der Waals surface area contributed by atoms with Gasteiger partial charge in [-0.3, -0.25) is 34.2 Å². The van der Waals surface area contributed by atoms with E-state index in [1.54, 1.807) is 18.2 Å². The van der Waals surface area contributed by atoms with Crippen molar-refractivity contribution in [3.05, 3.63) is 98.5 Å². The Labute approximate surface area is 388 Å². The maximum absolute atomic E-state index is 13.5. The fraction of sp³-hybridized carbons (Fsp3) is 0.460. The Morgan fingerprint density at radius 3 is 2.47 bits per heavy atom. The van der Waals surface area contributed by atoms with Crippen LogP contribution in [-0.2, 0) is 36.1 Å². The van der Waals surface area contributed by atoms with Gasteiger partial charge in [0, 0.05) is 91.6 Å². The first kappa shape index (κ1) is 44.1. The molecule has 1 saturated carbocycles. The number of amides is 3. The lowest BCUT2D eigenvalue weighted by Gasteiger charge is -2.37. The van der Waals surface area contributed by atoms with Gasteiger partial charge in [0.25, 0.3) is 5.91 Å². The second kappa shape index (κ2) is 17.8. The fourth-order valence-electron chi connectivity index (χ4n) is 11.5. The molecule has 66 heavy (non-hydrogen) atoms. The van der Waals surface area contributed by atoms with Gasteiger partial charge in [0.15, 0.2) is 0 Å². The summed E-state index contributed by atoms with van der Waals surface area (Å²) < 4.78 is 16.4. The van der Waals surface area contributed by atoms with Gasteiger partial charge in [-0.25, -0.2) is 4.79 Å². The van der Waals surface area contributed by atoms with Gasteiger partial charge in [-0.2, -0.15) is 5.10 Å². The van der Waals surface area contributed by atoms with E-state index in [9.17, 15) is 29.4 Å². The quantitative estimate of drug-likeness (QED) is 0.0812. The number of benzene rings is 3. The van der Waals surface area contributed by atoms with Gasteiger partial charge in [-0.1, -0.05) is 35.9 Å². The van der Waals surface area contributed by atoms with Crippen molar-refractivity contribution in [1.82, 2.24) is 34.4 Å².